The Hall–Kier alpha value is -4.74. The molecule has 0 radical (unpaired) electrons. The van der Waals surface area contributed by atoms with Crippen LogP contribution < -0.4 is 4.74 Å². The number of aromatic nitrogens is 3. The molecule has 0 unspecified atom stereocenters. The minimum Gasteiger partial charge on any atom is -0.497 e. The maximum Gasteiger partial charge on any atom is 0.196 e. The Morgan fingerprint density at radius 3 is 2.11 bits per heavy atom. The highest BCUT2D eigenvalue weighted by molar-refractivity contribution is 6.31. The highest BCUT2D eigenvalue weighted by Gasteiger charge is 2.34. The van der Waals surface area contributed by atoms with Gasteiger partial charge in [0.2, 0.25) is 0 Å². The van der Waals surface area contributed by atoms with Gasteiger partial charge in [0.15, 0.2) is 11.4 Å². The van der Waals surface area contributed by atoms with Crippen LogP contribution in [-0.2, 0) is 0 Å². The molecule has 0 bridgehead atoms. The number of hydrogen-bond acceptors (Lipinski definition) is 4. The van der Waals surface area contributed by atoms with Gasteiger partial charge in [-0.05, 0) is 42.0 Å². The minimum absolute atomic E-state index is 0.0360. The van der Waals surface area contributed by atoms with E-state index in [1.165, 1.54) is 0 Å². The van der Waals surface area contributed by atoms with Gasteiger partial charge in [-0.15, -0.1) is 0 Å². The van der Waals surface area contributed by atoms with E-state index >= 15 is 0 Å². The van der Waals surface area contributed by atoms with Gasteiger partial charge in [-0.1, -0.05) is 78.3 Å². The SMILES string of the molecule is COc1ccc(-n2nc(-c3ccccc3)c3c(-c4ccc(Cl)cc4)c4c(nc32)-c2ccccc2C4=O)cc1. The molecule has 4 aromatic carbocycles. The van der Waals surface area contributed by atoms with Crippen molar-refractivity contribution in [3.05, 3.63) is 119 Å². The van der Waals surface area contributed by atoms with Gasteiger partial charge < -0.3 is 4.74 Å². The van der Waals surface area contributed by atoms with Crippen molar-refractivity contribution in [1.29, 1.82) is 0 Å². The molecular weight excluding hydrogens is 494 g/mol. The molecule has 0 aliphatic heterocycles. The number of nitrogens with zero attached hydrogens (tertiary/aromatic N) is 3. The molecule has 2 heterocycles. The summed E-state index contributed by atoms with van der Waals surface area (Å²) in [6.45, 7) is 0. The van der Waals surface area contributed by atoms with Crippen LogP contribution in [0.1, 0.15) is 15.9 Å². The van der Waals surface area contributed by atoms with Crippen molar-refractivity contribution in [2.24, 2.45) is 0 Å². The van der Waals surface area contributed by atoms with Crippen LogP contribution in [0.4, 0.5) is 0 Å². The number of methoxy groups -OCH3 is 1. The molecule has 0 N–H and O–H groups in total. The van der Waals surface area contributed by atoms with Gasteiger partial charge in [-0.3, -0.25) is 4.79 Å². The van der Waals surface area contributed by atoms with Crippen LogP contribution in [0, 0.1) is 0 Å². The minimum atomic E-state index is -0.0360. The molecule has 5 nitrogen and oxygen atoms in total. The Morgan fingerprint density at radius 2 is 1.39 bits per heavy atom. The summed E-state index contributed by atoms with van der Waals surface area (Å²) in [7, 11) is 1.64. The lowest BCUT2D eigenvalue weighted by atomic mass is 9.93. The van der Waals surface area contributed by atoms with Crippen molar-refractivity contribution >= 4 is 28.4 Å². The van der Waals surface area contributed by atoms with E-state index in [4.69, 9.17) is 26.4 Å². The molecule has 1 aliphatic carbocycles. The first-order chi connectivity index (χ1) is 18.6. The molecule has 38 heavy (non-hydrogen) atoms. The van der Waals surface area contributed by atoms with Crippen molar-refractivity contribution in [3.8, 4) is 45.1 Å². The van der Waals surface area contributed by atoms with Crippen LogP contribution >= 0.6 is 11.6 Å². The van der Waals surface area contributed by atoms with Crippen LogP contribution in [0.25, 0.3) is 50.4 Å². The van der Waals surface area contributed by atoms with Crippen LogP contribution in [-0.4, -0.2) is 27.7 Å². The average molecular weight is 514 g/mol. The smallest absolute Gasteiger partial charge is 0.196 e. The van der Waals surface area contributed by atoms with Crippen LogP contribution in [0.5, 0.6) is 5.75 Å². The maximum absolute atomic E-state index is 13.9. The highest BCUT2D eigenvalue weighted by Crippen LogP contribution is 2.46. The monoisotopic (exact) mass is 513 g/mol. The topological polar surface area (TPSA) is 57.0 Å². The molecule has 0 fully saturated rings. The summed E-state index contributed by atoms with van der Waals surface area (Å²) < 4.78 is 7.22. The number of pyridine rings is 1. The molecular formula is C32H20ClN3O2. The molecule has 6 aromatic rings. The zero-order valence-electron chi connectivity index (χ0n) is 20.4. The normalized spacial score (nSPS) is 12.0. The second kappa shape index (κ2) is 8.68. The summed E-state index contributed by atoms with van der Waals surface area (Å²) in [5.41, 5.74) is 7.62. The second-order valence-corrected chi connectivity index (χ2v) is 9.55. The summed E-state index contributed by atoms with van der Waals surface area (Å²) in [6.07, 6.45) is 0. The highest BCUT2D eigenvalue weighted by atomic mass is 35.5. The van der Waals surface area contributed by atoms with Crippen molar-refractivity contribution in [3.63, 3.8) is 0 Å². The third kappa shape index (κ3) is 3.36. The van der Waals surface area contributed by atoms with Gasteiger partial charge in [0.05, 0.1) is 29.4 Å². The molecule has 0 atom stereocenters. The van der Waals surface area contributed by atoms with Crippen molar-refractivity contribution < 1.29 is 9.53 Å². The Kier molecular flexibility index (Phi) is 5.13. The summed E-state index contributed by atoms with van der Waals surface area (Å²) in [4.78, 5) is 19.0. The molecule has 6 heteroatoms. The predicted octanol–water partition coefficient (Wildman–Crippen LogP) is 7.63. The lowest BCUT2D eigenvalue weighted by molar-refractivity contribution is 0.104. The number of benzene rings is 4. The zero-order chi connectivity index (χ0) is 25.8. The van der Waals surface area contributed by atoms with Gasteiger partial charge in [0, 0.05) is 27.3 Å². The average Bonchev–Trinajstić information content (AvgIpc) is 3.49. The molecule has 7 rings (SSSR count). The van der Waals surface area contributed by atoms with E-state index in [-0.39, 0.29) is 5.78 Å². The summed E-state index contributed by atoms with van der Waals surface area (Å²) in [5, 5.41) is 6.53. The Morgan fingerprint density at radius 1 is 0.711 bits per heavy atom. The molecule has 0 saturated heterocycles. The molecule has 182 valence electrons. The molecule has 0 saturated carbocycles. The van der Waals surface area contributed by atoms with Gasteiger partial charge in [-0.25, -0.2) is 9.67 Å². The fourth-order valence-corrected chi connectivity index (χ4v) is 5.32. The number of ketones is 1. The number of rotatable bonds is 4. The van der Waals surface area contributed by atoms with E-state index < -0.39 is 0 Å². The summed E-state index contributed by atoms with van der Waals surface area (Å²) in [6, 6.07) is 32.9. The summed E-state index contributed by atoms with van der Waals surface area (Å²) in [5.74, 6) is 0.717. The summed E-state index contributed by atoms with van der Waals surface area (Å²) >= 11 is 6.27. The predicted molar refractivity (Wildman–Crippen MR) is 150 cm³/mol. The molecule has 0 spiro atoms. The van der Waals surface area contributed by atoms with Crippen LogP contribution in [0.3, 0.4) is 0 Å². The number of carbonyl (C=O) groups is 1. The molecule has 0 amide bonds. The van der Waals surface area contributed by atoms with Gasteiger partial charge in [0.1, 0.15) is 11.4 Å². The van der Waals surface area contributed by atoms with Gasteiger partial charge >= 0.3 is 0 Å². The van der Waals surface area contributed by atoms with E-state index in [1.54, 1.807) is 7.11 Å². The first-order valence-electron chi connectivity index (χ1n) is 12.2. The number of ether oxygens (including phenoxy) is 1. The molecule has 2 aromatic heterocycles. The first kappa shape index (κ1) is 22.5. The van der Waals surface area contributed by atoms with Crippen LogP contribution in [0.2, 0.25) is 5.02 Å². The lowest BCUT2D eigenvalue weighted by Crippen LogP contribution is -2.02. The molecule has 1 aliphatic rings. The Balaban J connectivity index is 1.65. The number of carbonyl (C=O) groups excluding carboxylic acids is 1. The third-order valence-electron chi connectivity index (χ3n) is 6.97. The lowest BCUT2D eigenvalue weighted by Gasteiger charge is -2.12. The number of hydrogen-bond donors (Lipinski definition) is 0. The van der Waals surface area contributed by atoms with Gasteiger partial charge in [-0.2, -0.15) is 5.10 Å². The fourth-order valence-electron chi connectivity index (χ4n) is 5.19. The van der Waals surface area contributed by atoms with E-state index in [9.17, 15) is 4.79 Å². The Bertz CT molecular complexity index is 1860. The van der Waals surface area contributed by atoms with E-state index in [0.717, 1.165) is 44.8 Å². The van der Waals surface area contributed by atoms with Crippen molar-refractivity contribution in [2.75, 3.05) is 7.11 Å². The number of halogens is 1. The van der Waals surface area contributed by atoms with E-state index in [1.807, 2.05) is 108 Å². The van der Waals surface area contributed by atoms with Crippen molar-refractivity contribution in [2.45, 2.75) is 0 Å². The van der Waals surface area contributed by atoms with Crippen molar-refractivity contribution in [1.82, 2.24) is 14.8 Å². The Labute approximate surface area is 223 Å². The van der Waals surface area contributed by atoms with Crippen LogP contribution in [0.15, 0.2) is 103 Å². The standard InChI is InChI=1S/C32H20ClN3O2/c1-38-23-17-15-22(16-18-23)36-32-28(29(35-36)20-7-3-2-4-8-20)26(19-11-13-21(33)14-12-19)27-30(34-32)24-9-5-6-10-25(24)31(27)37/h2-18H,1H3. The zero-order valence-corrected chi connectivity index (χ0v) is 21.1. The third-order valence-corrected chi connectivity index (χ3v) is 7.22. The maximum atomic E-state index is 13.9. The number of fused-ring (bicyclic) bond motifs is 4. The van der Waals surface area contributed by atoms with E-state index in [0.29, 0.717) is 27.5 Å². The largest absolute Gasteiger partial charge is 0.497 e. The second-order valence-electron chi connectivity index (χ2n) is 9.12. The quantitative estimate of drug-likeness (QED) is 0.243. The fraction of sp³-hybridized carbons (Fsp3) is 0.0312. The van der Waals surface area contributed by atoms with E-state index in [2.05, 4.69) is 0 Å². The first-order valence-corrected chi connectivity index (χ1v) is 12.6. The van der Waals surface area contributed by atoms with Gasteiger partial charge in [0.25, 0.3) is 0 Å².